The van der Waals surface area contributed by atoms with Crippen LogP contribution in [-0.4, -0.2) is 4.98 Å². The number of rotatable bonds is 1. The van der Waals surface area contributed by atoms with Gasteiger partial charge in [0.2, 0.25) is 0 Å². The zero-order chi connectivity index (χ0) is 13.3. The molecule has 0 unspecified atom stereocenters. The smallest absolute Gasteiger partial charge is 0.405 e. The van der Waals surface area contributed by atoms with Gasteiger partial charge in [0.25, 0.3) is 0 Å². The van der Waals surface area contributed by atoms with E-state index in [0.29, 0.717) is 0 Å². The van der Waals surface area contributed by atoms with Crippen LogP contribution in [0.15, 0.2) is 33.5 Å². The van der Waals surface area contributed by atoms with E-state index in [0.717, 1.165) is 12.1 Å². The monoisotopic (exact) mass is 255 g/mol. The standard InChI is InChI=1S/C12H8F3NO2/c1-7-16-10(11(17)18-7)6-8-4-2-3-5-9(8)12(13,14)15/h2-6,16H,1H2. The Morgan fingerprint density at radius 3 is 2.50 bits per heavy atom. The molecule has 94 valence electrons. The van der Waals surface area contributed by atoms with Gasteiger partial charge >= 0.3 is 11.8 Å². The van der Waals surface area contributed by atoms with Gasteiger partial charge in [-0.1, -0.05) is 18.2 Å². The first-order valence-corrected chi connectivity index (χ1v) is 4.94. The third kappa shape index (κ3) is 2.37. The van der Waals surface area contributed by atoms with Crippen LogP contribution in [-0.2, 0) is 6.18 Å². The van der Waals surface area contributed by atoms with E-state index in [1.54, 1.807) is 0 Å². The van der Waals surface area contributed by atoms with Crippen LogP contribution in [0.1, 0.15) is 11.1 Å². The van der Waals surface area contributed by atoms with Gasteiger partial charge in [0.15, 0.2) is 5.55 Å². The van der Waals surface area contributed by atoms with Crippen LogP contribution in [0.2, 0.25) is 0 Å². The van der Waals surface area contributed by atoms with E-state index in [4.69, 9.17) is 0 Å². The summed E-state index contributed by atoms with van der Waals surface area (Å²) in [5, 5.41) is -0.0725. The van der Waals surface area contributed by atoms with Crippen LogP contribution in [0.5, 0.6) is 0 Å². The van der Waals surface area contributed by atoms with Gasteiger partial charge in [-0.25, -0.2) is 4.79 Å². The maximum atomic E-state index is 12.7. The summed E-state index contributed by atoms with van der Waals surface area (Å²) in [6.45, 7) is 3.35. The molecule has 2 rings (SSSR count). The summed E-state index contributed by atoms with van der Waals surface area (Å²) in [5.41, 5.74) is -1.68. The van der Waals surface area contributed by atoms with Crippen LogP contribution in [0.4, 0.5) is 13.2 Å². The Morgan fingerprint density at radius 2 is 1.94 bits per heavy atom. The molecule has 0 aliphatic heterocycles. The quantitative estimate of drug-likeness (QED) is 0.833. The number of benzene rings is 1. The van der Waals surface area contributed by atoms with Gasteiger partial charge in [-0.15, -0.1) is 0 Å². The lowest BCUT2D eigenvalue weighted by Gasteiger charge is -2.09. The van der Waals surface area contributed by atoms with Crippen molar-refractivity contribution >= 4 is 12.7 Å². The van der Waals surface area contributed by atoms with Crippen LogP contribution in [0.3, 0.4) is 0 Å². The van der Waals surface area contributed by atoms with Gasteiger partial charge in [0, 0.05) is 0 Å². The Labute approximate surface area is 98.9 Å². The van der Waals surface area contributed by atoms with Gasteiger partial charge in [0.1, 0.15) is 5.35 Å². The SMILES string of the molecule is C=c1[nH]c(=Cc2ccccc2C(F)(F)F)c(=O)o1. The van der Waals surface area contributed by atoms with Crippen molar-refractivity contribution in [2.45, 2.75) is 6.18 Å². The summed E-state index contributed by atoms with van der Waals surface area (Å²) in [4.78, 5) is 13.7. The number of alkyl halides is 3. The van der Waals surface area contributed by atoms with Crippen LogP contribution >= 0.6 is 0 Å². The van der Waals surface area contributed by atoms with E-state index in [-0.39, 0.29) is 16.5 Å². The molecule has 0 spiro atoms. The molecule has 0 saturated carbocycles. The molecule has 0 atom stereocenters. The first kappa shape index (κ1) is 12.2. The fraction of sp³-hybridized carbons (Fsp3) is 0.0833. The highest BCUT2D eigenvalue weighted by Gasteiger charge is 2.32. The predicted octanol–water partition coefficient (Wildman–Crippen LogP) is 1.23. The highest BCUT2D eigenvalue weighted by molar-refractivity contribution is 5.53. The van der Waals surface area contributed by atoms with Crippen molar-refractivity contribution in [2.24, 2.45) is 0 Å². The Hall–Kier alpha value is -2.24. The summed E-state index contributed by atoms with van der Waals surface area (Å²) in [7, 11) is 0. The lowest BCUT2D eigenvalue weighted by molar-refractivity contribution is -0.137. The second kappa shape index (κ2) is 4.21. The average molecular weight is 255 g/mol. The van der Waals surface area contributed by atoms with Crippen molar-refractivity contribution in [3.05, 3.63) is 56.7 Å². The molecule has 1 N–H and O–H groups in total. The summed E-state index contributed by atoms with van der Waals surface area (Å²) in [6.07, 6.45) is -3.39. The molecule has 1 heterocycles. The van der Waals surface area contributed by atoms with E-state index < -0.39 is 17.4 Å². The molecule has 0 radical (unpaired) electrons. The van der Waals surface area contributed by atoms with E-state index in [2.05, 4.69) is 16.0 Å². The van der Waals surface area contributed by atoms with Crippen molar-refractivity contribution in [2.75, 3.05) is 0 Å². The highest BCUT2D eigenvalue weighted by atomic mass is 19.4. The number of H-pyrrole nitrogens is 1. The molecule has 1 aromatic heterocycles. The molecule has 2 aromatic rings. The van der Waals surface area contributed by atoms with Crippen molar-refractivity contribution in [1.29, 1.82) is 0 Å². The lowest BCUT2D eigenvalue weighted by Crippen LogP contribution is -2.21. The third-order valence-corrected chi connectivity index (χ3v) is 2.28. The predicted molar refractivity (Wildman–Crippen MR) is 59.1 cm³/mol. The number of hydrogen-bond donors (Lipinski definition) is 1. The van der Waals surface area contributed by atoms with E-state index in [9.17, 15) is 18.0 Å². The van der Waals surface area contributed by atoms with Crippen molar-refractivity contribution in [3.8, 4) is 0 Å². The Balaban J connectivity index is 2.68. The number of aromatic amines is 1. The van der Waals surface area contributed by atoms with Gasteiger partial charge in [-0.05, 0) is 24.3 Å². The Kier molecular flexibility index (Phi) is 2.86. The normalized spacial score (nSPS) is 12.9. The molecular formula is C12H8F3NO2. The Bertz CT molecular complexity index is 725. The molecular weight excluding hydrogens is 247 g/mol. The third-order valence-electron chi connectivity index (χ3n) is 2.28. The van der Waals surface area contributed by atoms with Gasteiger partial charge in [0.05, 0.1) is 5.56 Å². The minimum atomic E-state index is -4.48. The van der Waals surface area contributed by atoms with Crippen LogP contribution in [0.25, 0.3) is 12.7 Å². The molecule has 1 aromatic carbocycles. The molecule has 6 heteroatoms. The van der Waals surface area contributed by atoms with E-state index in [1.165, 1.54) is 18.2 Å². The molecule has 0 bridgehead atoms. The number of halogens is 3. The summed E-state index contributed by atoms with van der Waals surface area (Å²) >= 11 is 0. The molecule has 0 fully saturated rings. The zero-order valence-corrected chi connectivity index (χ0v) is 9.04. The Morgan fingerprint density at radius 1 is 1.28 bits per heavy atom. The fourth-order valence-corrected chi connectivity index (χ4v) is 1.53. The largest absolute Gasteiger partial charge is 0.416 e. The summed E-state index contributed by atoms with van der Waals surface area (Å²) in [5.74, 6) is 0. The van der Waals surface area contributed by atoms with E-state index >= 15 is 0 Å². The van der Waals surface area contributed by atoms with Crippen molar-refractivity contribution in [3.63, 3.8) is 0 Å². The first-order valence-electron chi connectivity index (χ1n) is 4.94. The highest BCUT2D eigenvalue weighted by Crippen LogP contribution is 2.31. The van der Waals surface area contributed by atoms with Crippen LogP contribution < -0.4 is 16.5 Å². The second-order valence-corrected chi connectivity index (χ2v) is 3.58. The minimum absolute atomic E-state index is 0.00394. The van der Waals surface area contributed by atoms with Crippen molar-refractivity contribution < 1.29 is 17.6 Å². The average Bonchev–Trinajstić information content (AvgIpc) is 2.57. The lowest BCUT2D eigenvalue weighted by atomic mass is 10.1. The van der Waals surface area contributed by atoms with Crippen molar-refractivity contribution in [1.82, 2.24) is 4.98 Å². The number of aromatic nitrogens is 1. The van der Waals surface area contributed by atoms with Gasteiger partial charge < -0.3 is 9.40 Å². The number of oxazole rings is 1. The zero-order valence-electron chi connectivity index (χ0n) is 9.04. The molecule has 18 heavy (non-hydrogen) atoms. The fourth-order valence-electron chi connectivity index (χ4n) is 1.53. The molecule has 0 amide bonds. The topological polar surface area (TPSA) is 46.0 Å². The minimum Gasteiger partial charge on any atom is -0.405 e. The summed E-state index contributed by atoms with van der Waals surface area (Å²) in [6, 6.07) is 4.95. The summed E-state index contributed by atoms with van der Waals surface area (Å²) < 4.78 is 42.7. The molecule has 3 nitrogen and oxygen atoms in total. The maximum Gasteiger partial charge on any atom is 0.416 e. The van der Waals surface area contributed by atoms with Gasteiger partial charge in [-0.2, -0.15) is 13.2 Å². The first-order chi connectivity index (χ1) is 8.38. The van der Waals surface area contributed by atoms with Gasteiger partial charge in [-0.3, -0.25) is 0 Å². The molecule has 0 aliphatic rings. The van der Waals surface area contributed by atoms with E-state index in [1.807, 2.05) is 0 Å². The number of hydrogen-bond acceptors (Lipinski definition) is 2. The second-order valence-electron chi connectivity index (χ2n) is 3.58. The molecule has 0 saturated heterocycles. The molecule has 0 aliphatic carbocycles. The maximum absolute atomic E-state index is 12.7. The van der Waals surface area contributed by atoms with Crippen LogP contribution in [0, 0.1) is 0 Å². The number of nitrogens with one attached hydrogen (secondary N) is 1.